The van der Waals surface area contributed by atoms with E-state index in [0.29, 0.717) is 11.4 Å². The van der Waals surface area contributed by atoms with E-state index in [1.807, 2.05) is 48.5 Å². The van der Waals surface area contributed by atoms with Crippen molar-refractivity contribution in [2.24, 2.45) is 0 Å². The van der Waals surface area contributed by atoms with Gasteiger partial charge in [0.25, 0.3) is 0 Å². The second-order valence-electron chi connectivity index (χ2n) is 9.74. The van der Waals surface area contributed by atoms with Crippen LogP contribution in [-0.4, -0.2) is 29.5 Å². The standard InChI is InChI=1S/C31H16F6N6.Pd/c32-30(33,34)25-15-17-42(40-25)27-13-5-11-23(38-27)29(21-9-3-1-7-19(21)20-8-2-4-10-22(20)29)24-12-6-14-28(39-24)43-18-16-26(41-43)31(35,36)37;/h1-16H;/q-2;+2. The van der Waals surface area contributed by atoms with E-state index < -0.39 is 29.2 Å². The minimum absolute atomic E-state index is 0. The molecule has 0 spiro atoms. The summed E-state index contributed by atoms with van der Waals surface area (Å²) in [6.45, 7) is 0. The van der Waals surface area contributed by atoms with Crippen molar-refractivity contribution in [1.82, 2.24) is 29.5 Å². The van der Waals surface area contributed by atoms with Gasteiger partial charge in [-0.15, -0.1) is 12.1 Å². The van der Waals surface area contributed by atoms with Crippen LogP contribution in [0.4, 0.5) is 26.3 Å². The Labute approximate surface area is 259 Å². The summed E-state index contributed by atoms with van der Waals surface area (Å²) in [6.07, 6.45) is -4.36. The third kappa shape index (κ3) is 4.64. The first-order chi connectivity index (χ1) is 20.6. The van der Waals surface area contributed by atoms with Crippen molar-refractivity contribution in [2.45, 2.75) is 17.8 Å². The Morgan fingerprint density at radius 1 is 0.545 bits per heavy atom. The van der Waals surface area contributed by atoms with Crippen LogP contribution in [0.5, 0.6) is 0 Å². The van der Waals surface area contributed by atoms with Crippen LogP contribution in [0.1, 0.15) is 33.9 Å². The van der Waals surface area contributed by atoms with E-state index in [9.17, 15) is 26.3 Å². The Morgan fingerprint density at radius 3 is 1.34 bits per heavy atom. The van der Waals surface area contributed by atoms with Gasteiger partial charge >= 0.3 is 32.8 Å². The van der Waals surface area contributed by atoms with E-state index in [0.717, 1.165) is 43.8 Å². The maximum absolute atomic E-state index is 13.3. The van der Waals surface area contributed by atoms with Crippen molar-refractivity contribution in [3.63, 3.8) is 0 Å². The minimum atomic E-state index is -4.66. The zero-order chi connectivity index (χ0) is 30.0. The summed E-state index contributed by atoms with van der Waals surface area (Å²) in [7, 11) is 0. The Bertz CT molecular complexity index is 1850. The largest absolute Gasteiger partial charge is 2.00 e. The van der Waals surface area contributed by atoms with Crippen molar-refractivity contribution in [3.8, 4) is 22.8 Å². The van der Waals surface area contributed by atoms with Crippen molar-refractivity contribution < 1.29 is 46.8 Å². The van der Waals surface area contributed by atoms with Gasteiger partial charge in [-0.05, 0) is 34.4 Å². The van der Waals surface area contributed by atoms with E-state index in [1.165, 1.54) is 12.1 Å². The summed E-state index contributed by atoms with van der Waals surface area (Å²) in [5.41, 5.74) is 0.704. The second-order valence-corrected chi connectivity index (χ2v) is 9.74. The summed E-state index contributed by atoms with van der Waals surface area (Å²) in [5, 5.41) is 7.26. The van der Waals surface area contributed by atoms with E-state index in [2.05, 4.69) is 22.6 Å². The molecule has 0 saturated carbocycles. The topological polar surface area (TPSA) is 61.4 Å². The van der Waals surface area contributed by atoms with Crippen LogP contribution in [0.3, 0.4) is 0 Å². The van der Waals surface area contributed by atoms with Gasteiger partial charge in [0.1, 0.15) is 5.41 Å². The van der Waals surface area contributed by atoms with E-state index in [1.54, 1.807) is 24.3 Å². The van der Waals surface area contributed by atoms with Gasteiger partial charge in [-0.3, -0.25) is 20.2 Å². The SMILES string of the molecule is FC(F)(F)c1c[c-]n(-c2cccc(C3(c4cccc(-n5[c-]cc(C(F)(F)F)n5)n4)c4ccccc4-c4ccccc43)n2)n1.[Pd+2]. The molecule has 6 aromatic rings. The van der Waals surface area contributed by atoms with E-state index >= 15 is 0 Å². The second kappa shape index (κ2) is 10.5. The quantitative estimate of drug-likeness (QED) is 0.115. The van der Waals surface area contributed by atoms with Crippen LogP contribution >= 0.6 is 0 Å². The van der Waals surface area contributed by atoms with Crippen LogP contribution in [0.15, 0.2) is 97.1 Å². The molecule has 0 fully saturated rings. The van der Waals surface area contributed by atoms with Crippen LogP contribution in [0, 0.1) is 12.4 Å². The molecule has 4 aromatic heterocycles. The molecule has 4 heterocycles. The fourth-order valence-corrected chi connectivity index (χ4v) is 5.51. The van der Waals surface area contributed by atoms with Crippen molar-refractivity contribution >= 4 is 0 Å². The molecule has 0 atom stereocenters. The molecule has 2 aromatic carbocycles. The molecule has 0 unspecified atom stereocenters. The zero-order valence-electron chi connectivity index (χ0n) is 22.0. The van der Waals surface area contributed by atoms with Crippen LogP contribution in [-0.2, 0) is 38.2 Å². The molecule has 0 radical (unpaired) electrons. The maximum Gasteiger partial charge on any atom is 2.00 e. The summed E-state index contributed by atoms with van der Waals surface area (Å²) in [4.78, 5) is 9.58. The van der Waals surface area contributed by atoms with Crippen molar-refractivity contribution in [1.29, 1.82) is 0 Å². The van der Waals surface area contributed by atoms with Gasteiger partial charge in [-0.2, -0.15) is 26.3 Å². The van der Waals surface area contributed by atoms with Crippen molar-refractivity contribution in [2.75, 3.05) is 0 Å². The molecule has 7 rings (SSSR count). The van der Waals surface area contributed by atoms with Gasteiger partial charge < -0.3 is 9.36 Å². The third-order valence-corrected chi connectivity index (χ3v) is 7.27. The van der Waals surface area contributed by atoms with Gasteiger partial charge in [0.05, 0.1) is 23.0 Å². The first-order valence-corrected chi connectivity index (χ1v) is 12.8. The van der Waals surface area contributed by atoms with Gasteiger partial charge in [-0.25, -0.2) is 0 Å². The molecule has 13 heteroatoms. The molecular weight excluding hydrogens is 677 g/mol. The molecule has 44 heavy (non-hydrogen) atoms. The molecule has 0 amide bonds. The summed E-state index contributed by atoms with van der Waals surface area (Å²) in [6, 6.07) is 26.4. The van der Waals surface area contributed by atoms with E-state index in [4.69, 9.17) is 9.97 Å². The first-order valence-electron chi connectivity index (χ1n) is 12.8. The molecule has 0 bridgehead atoms. The Balaban J connectivity index is 0.00000343. The monoisotopic (exact) mass is 692 g/mol. The van der Waals surface area contributed by atoms with Crippen molar-refractivity contribution in [3.05, 3.63) is 143 Å². The molecule has 1 aliphatic rings. The number of fused-ring (bicyclic) bond motifs is 3. The summed E-state index contributed by atoms with van der Waals surface area (Å²) in [5.74, 6) is 0.168. The van der Waals surface area contributed by atoms with Crippen LogP contribution < -0.4 is 0 Å². The maximum atomic E-state index is 13.3. The minimum Gasteiger partial charge on any atom is -0.343 e. The number of halogens is 6. The van der Waals surface area contributed by atoms with Crippen LogP contribution in [0.25, 0.3) is 22.8 Å². The summed E-state index contributed by atoms with van der Waals surface area (Å²) >= 11 is 0. The van der Waals surface area contributed by atoms with E-state index in [-0.39, 0.29) is 32.1 Å². The Morgan fingerprint density at radius 2 is 0.955 bits per heavy atom. The molecule has 222 valence electrons. The average Bonchev–Trinajstić information content (AvgIpc) is 3.75. The summed E-state index contributed by atoms with van der Waals surface area (Å²) < 4.78 is 81.7. The predicted molar refractivity (Wildman–Crippen MR) is 141 cm³/mol. The number of rotatable bonds is 4. The normalized spacial score (nSPS) is 13.7. The van der Waals surface area contributed by atoms with Gasteiger partial charge in [0.15, 0.2) is 0 Å². The van der Waals surface area contributed by atoms with Gasteiger partial charge in [0.2, 0.25) is 0 Å². The van der Waals surface area contributed by atoms with Gasteiger partial charge in [-0.1, -0.05) is 85.2 Å². The zero-order valence-corrected chi connectivity index (χ0v) is 23.6. The molecule has 0 aliphatic heterocycles. The fraction of sp³-hybridized carbons (Fsp3) is 0.0968. The number of alkyl halides is 6. The first kappa shape index (κ1) is 29.5. The molecule has 0 saturated heterocycles. The van der Waals surface area contributed by atoms with Gasteiger partial charge in [0, 0.05) is 11.4 Å². The Kier molecular flexibility index (Phi) is 7.06. The number of nitrogens with zero attached hydrogens (tertiary/aromatic N) is 6. The number of hydrogen-bond donors (Lipinski definition) is 0. The van der Waals surface area contributed by atoms with Crippen LogP contribution in [0.2, 0.25) is 0 Å². The predicted octanol–water partition coefficient (Wildman–Crippen LogP) is 6.85. The molecule has 6 nitrogen and oxygen atoms in total. The number of pyridine rings is 2. The Hall–Kier alpha value is -4.60. The fourth-order valence-electron chi connectivity index (χ4n) is 5.51. The average molecular weight is 693 g/mol. The third-order valence-electron chi connectivity index (χ3n) is 7.27. The molecular formula is C31H16F6N6Pd. The number of hydrogen-bond acceptors (Lipinski definition) is 4. The number of benzene rings is 2. The molecule has 1 aliphatic carbocycles. The number of aromatic nitrogens is 6. The smallest absolute Gasteiger partial charge is 0.343 e. The molecule has 0 N–H and O–H groups in total.